The first-order valence-electron chi connectivity index (χ1n) is 11.6. The van der Waals surface area contributed by atoms with E-state index in [2.05, 4.69) is 55.5 Å². The predicted octanol–water partition coefficient (Wildman–Crippen LogP) is 7.07. The van der Waals surface area contributed by atoms with Gasteiger partial charge in [0.2, 0.25) is 0 Å². The Balaban J connectivity index is 1.41. The molecule has 3 heteroatoms. The molecule has 0 unspecified atom stereocenters. The van der Waals surface area contributed by atoms with Crippen LogP contribution in [0.1, 0.15) is 61.0 Å². The second kappa shape index (κ2) is 13.5. The molecule has 3 rings (SSSR count). The molecule has 1 atom stereocenters. The van der Waals surface area contributed by atoms with Gasteiger partial charge < -0.3 is 14.6 Å². The zero-order valence-corrected chi connectivity index (χ0v) is 19.0. The van der Waals surface area contributed by atoms with Crippen molar-refractivity contribution >= 4 is 12.2 Å². The van der Waals surface area contributed by atoms with Crippen LogP contribution in [0.25, 0.3) is 12.2 Å². The molecule has 0 spiro atoms. The van der Waals surface area contributed by atoms with Crippen molar-refractivity contribution in [3.05, 3.63) is 101 Å². The van der Waals surface area contributed by atoms with E-state index >= 15 is 0 Å². The van der Waals surface area contributed by atoms with E-state index in [-0.39, 0.29) is 6.61 Å². The van der Waals surface area contributed by atoms with Crippen molar-refractivity contribution in [2.45, 2.75) is 45.3 Å². The minimum absolute atomic E-state index is 0.282. The van der Waals surface area contributed by atoms with Gasteiger partial charge in [0.05, 0.1) is 19.8 Å². The summed E-state index contributed by atoms with van der Waals surface area (Å²) in [6.45, 7) is 3.77. The number of hydrogen-bond donors (Lipinski definition) is 1. The molecular weight excluding hydrogens is 396 g/mol. The first-order valence-corrected chi connectivity index (χ1v) is 11.6. The van der Waals surface area contributed by atoms with E-state index in [1.807, 2.05) is 42.5 Å². The van der Waals surface area contributed by atoms with Crippen molar-refractivity contribution in [2.24, 2.45) is 0 Å². The summed E-state index contributed by atoms with van der Waals surface area (Å²) < 4.78 is 11.5. The molecule has 0 heterocycles. The Morgan fingerprint density at radius 1 is 0.781 bits per heavy atom. The van der Waals surface area contributed by atoms with Gasteiger partial charge in [-0.1, -0.05) is 105 Å². The van der Waals surface area contributed by atoms with Gasteiger partial charge in [-0.25, -0.2) is 0 Å². The monoisotopic (exact) mass is 430 g/mol. The Hall–Kier alpha value is -2.88. The van der Waals surface area contributed by atoms with Gasteiger partial charge >= 0.3 is 0 Å². The molecule has 32 heavy (non-hydrogen) atoms. The Morgan fingerprint density at radius 3 is 2.09 bits per heavy atom. The van der Waals surface area contributed by atoms with Crippen molar-refractivity contribution in [3.63, 3.8) is 0 Å². The largest absolute Gasteiger partial charge is 0.494 e. The number of rotatable bonds is 13. The standard InChI is InChI=1S/C29H34O3/c1-2-3-4-8-21-32-28-19-17-25(18-20-28)12-11-24-13-15-26(16-14-24)22-31-23-29(30)27-9-6-5-7-10-27/h5-7,9-20,29-30H,2-4,8,21-23H2,1H3/t29-/m0/s1. The predicted molar refractivity (Wildman–Crippen MR) is 133 cm³/mol. The summed E-state index contributed by atoms with van der Waals surface area (Å²) in [7, 11) is 0. The second-order valence-corrected chi connectivity index (χ2v) is 7.99. The summed E-state index contributed by atoms with van der Waals surface area (Å²) in [5.41, 5.74) is 4.24. The van der Waals surface area contributed by atoms with Gasteiger partial charge in [-0.05, 0) is 40.8 Å². The fraction of sp³-hybridized carbons (Fsp3) is 0.310. The molecule has 3 nitrogen and oxygen atoms in total. The highest BCUT2D eigenvalue weighted by Crippen LogP contribution is 2.17. The minimum Gasteiger partial charge on any atom is -0.494 e. The lowest BCUT2D eigenvalue weighted by atomic mass is 10.1. The highest BCUT2D eigenvalue weighted by Gasteiger charge is 2.06. The number of aliphatic hydroxyl groups excluding tert-OH is 1. The number of benzene rings is 3. The van der Waals surface area contributed by atoms with Gasteiger partial charge in [0, 0.05) is 0 Å². The zero-order valence-electron chi connectivity index (χ0n) is 19.0. The summed E-state index contributed by atoms with van der Waals surface area (Å²) in [6.07, 6.45) is 8.48. The van der Waals surface area contributed by atoms with Crippen molar-refractivity contribution in [1.82, 2.24) is 0 Å². The molecule has 0 fully saturated rings. The molecule has 0 aliphatic rings. The van der Waals surface area contributed by atoms with Crippen LogP contribution in [0, 0.1) is 0 Å². The van der Waals surface area contributed by atoms with Gasteiger partial charge in [-0.3, -0.25) is 0 Å². The topological polar surface area (TPSA) is 38.7 Å². The van der Waals surface area contributed by atoms with E-state index in [0.29, 0.717) is 6.61 Å². The maximum Gasteiger partial charge on any atom is 0.119 e. The number of ether oxygens (including phenoxy) is 2. The molecule has 0 saturated heterocycles. The highest BCUT2D eigenvalue weighted by molar-refractivity contribution is 5.69. The third kappa shape index (κ3) is 8.33. The molecule has 0 amide bonds. The third-order valence-electron chi connectivity index (χ3n) is 5.32. The van der Waals surface area contributed by atoms with E-state index in [1.165, 1.54) is 19.3 Å². The van der Waals surface area contributed by atoms with Crippen LogP contribution >= 0.6 is 0 Å². The molecule has 0 aromatic heterocycles. The molecular formula is C29H34O3. The van der Waals surface area contributed by atoms with Crippen LogP contribution in [0.3, 0.4) is 0 Å². The van der Waals surface area contributed by atoms with Crippen LogP contribution < -0.4 is 4.74 Å². The van der Waals surface area contributed by atoms with Crippen molar-refractivity contribution in [2.75, 3.05) is 13.2 Å². The Bertz CT molecular complexity index is 915. The van der Waals surface area contributed by atoms with Crippen molar-refractivity contribution < 1.29 is 14.6 Å². The Morgan fingerprint density at radius 2 is 1.44 bits per heavy atom. The zero-order chi connectivity index (χ0) is 22.4. The first kappa shape index (κ1) is 23.8. The Kier molecular flexibility index (Phi) is 10.0. The van der Waals surface area contributed by atoms with Gasteiger partial charge in [-0.15, -0.1) is 0 Å². The van der Waals surface area contributed by atoms with Crippen molar-refractivity contribution in [1.29, 1.82) is 0 Å². The molecule has 0 radical (unpaired) electrons. The SMILES string of the molecule is CCCCCCOc1ccc(C=Cc2ccc(COC[C@H](O)c3ccccc3)cc2)cc1. The fourth-order valence-electron chi connectivity index (χ4n) is 3.37. The van der Waals surface area contributed by atoms with Crippen LogP contribution in [-0.4, -0.2) is 18.3 Å². The molecule has 168 valence electrons. The average Bonchev–Trinajstić information content (AvgIpc) is 2.84. The average molecular weight is 431 g/mol. The van der Waals surface area contributed by atoms with Gasteiger partial charge in [0.25, 0.3) is 0 Å². The number of unbranched alkanes of at least 4 members (excludes halogenated alkanes) is 3. The van der Waals surface area contributed by atoms with E-state index < -0.39 is 6.10 Å². The quantitative estimate of drug-likeness (QED) is 0.233. The number of hydrogen-bond acceptors (Lipinski definition) is 3. The van der Waals surface area contributed by atoms with Crippen molar-refractivity contribution in [3.8, 4) is 5.75 Å². The lowest BCUT2D eigenvalue weighted by Gasteiger charge is -2.11. The Labute approximate surface area is 192 Å². The van der Waals surface area contributed by atoms with Gasteiger partial charge in [-0.2, -0.15) is 0 Å². The minimum atomic E-state index is -0.601. The van der Waals surface area contributed by atoms with E-state index in [0.717, 1.165) is 41.0 Å². The summed E-state index contributed by atoms with van der Waals surface area (Å²) in [5.74, 6) is 0.931. The summed E-state index contributed by atoms with van der Waals surface area (Å²) >= 11 is 0. The molecule has 0 saturated carbocycles. The highest BCUT2D eigenvalue weighted by atomic mass is 16.5. The second-order valence-electron chi connectivity index (χ2n) is 7.99. The lowest BCUT2D eigenvalue weighted by molar-refractivity contribution is 0.0277. The molecule has 3 aromatic carbocycles. The smallest absolute Gasteiger partial charge is 0.119 e. The summed E-state index contributed by atoms with van der Waals surface area (Å²) in [6, 6.07) is 26.1. The fourth-order valence-corrected chi connectivity index (χ4v) is 3.37. The van der Waals surface area contributed by atoms with Crippen LogP contribution in [0.15, 0.2) is 78.9 Å². The van der Waals surface area contributed by atoms with Crippen LogP contribution in [-0.2, 0) is 11.3 Å². The van der Waals surface area contributed by atoms with Crippen LogP contribution in [0.5, 0.6) is 5.75 Å². The van der Waals surface area contributed by atoms with Crippen LogP contribution in [0.2, 0.25) is 0 Å². The third-order valence-corrected chi connectivity index (χ3v) is 5.32. The lowest BCUT2D eigenvalue weighted by Crippen LogP contribution is -2.07. The maximum absolute atomic E-state index is 10.2. The molecule has 0 aliphatic heterocycles. The normalized spacial score (nSPS) is 12.2. The van der Waals surface area contributed by atoms with E-state index in [1.54, 1.807) is 0 Å². The molecule has 3 aromatic rings. The van der Waals surface area contributed by atoms with Crippen LogP contribution in [0.4, 0.5) is 0 Å². The van der Waals surface area contributed by atoms with E-state index in [9.17, 15) is 5.11 Å². The molecule has 1 N–H and O–H groups in total. The summed E-state index contributed by atoms with van der Waals surface area (Å²) in [4.78, 5) is 0. The van der Waals surface area contributed by atoms with Gasteiger partial charge in [0.15, 0.2) is 0 Å². The van der Waals surface area contributed by atoms with E-state index in [4.69, 9.17) is 9.47 Å². The molecule has 0 aliphatic carbocycles. The molecule has 0 bridgehead atoms. The maximum atomic E-state index is 10.2. The summed E-state index contributed by atoms with van der Waals surface area (Å²) in [5, 5.41) is 10.2. The van der Waals surface area contributed by atoms with Gasteiger partial charge in [0.1, 0.15) is 11.9 Å². The number of aliphatic hydroxyl groups is 1. The first-order chi connectivity index (χ1) is 15.7.